The fourth-order valence-corrected chi connectivity index (χ4v) is 3.79. The van der Waals surface area contributed by atoms with Crippen molar-refractivity contribution in [3.05, 3.63) is 71.1 Å². The number of aromatic nitrogens is 4. The van der Waals surface area contributed by atoms with Gasteiger partial charge in [0.05, 0.1) is 33.3 Å². The van der Waals surface area contributed by atoms with Crippen LogP contribution in [-0.4, -0.2) is 19.5 Å². The van der Waals surface area contributed by atoms with Gasteiger partial charge in [-0.05, 0) is 18.1 Å². The van der Waals surface area contributed by atoms with Crippen molar-refractivity contribution in [1.29, 1.82) is 0 Å². The molecule has 0 radical (unpaired) electrons. The van der Waals surface area contributed by atoms with Gasteiger partial charge in [-0.3, -0.25) is 0 Å². The number of aromatic amines is 1. The van der Waals surface area contributed by atoms with E-state index in [9.17, 15) is 0 Å². The molecule has 2 heterocycles. The minimum Gasteiger partial charge on any atom is -0.337 e. The van der Waals surface area contributed by atoms with Crippen molar-refractivity contribution in [2.75, 3.05) is 0 Å². The molecule has 28 heavy (non-hydrogen) atoms. The lowest BCUT2D eigenvalue weighted by atomic mass is 10.1. The Bertz CT molecular complexity index is 1080. The summed E-state index contributed by atoms with van der Waals surface area (Å²) in [6, 6.07) is 15.5. The molecule has 0 saturated heterocycles. The molecular formula is C22H20Cl2N4. The average molecular weight is 411 g/mol. The van der Waals surface area contributed by atoms with E-state index in [0.717, 1.165) is 29.2 Å². The van der Waals surface area contributed by atoms with Crippen LogP contribution in [0.4, 0.5) is 0 Å². The van der Waals surface area contributed by atoms with Crippen molar-refractivity contribution in [3.63, 3.8) is 0 Å². The molecular weight excluding hydrogens is 391 g/mol. The van der Waals surface area contributed by atoms with Crippen LogP contribution in [0.15, 0.2) is 61.1 Å². The molecule has 0 aliphatic rings. The Morgan fingerprint density at radius 1 is 1.00 bits per heavy atom. The molecule has 142 valence electrons. The molecule has 0 aliphatic heterocycles. The Labute approximate surface area is 174 Å². The molecule has 2 aromatic heterocycles. The standard InChI is InChI=1S/C22H20Cl2N4/c1-14(2)11-28-12-18(25-13-28)21-20(15-7-4-3-5-8-15)26-22(27-21)19-16(23)9-6-10-17(19)24/h3-10,12-14H,11H2,1-2H3,(H,26,27). The van der Waals surface area contributed by atoms with Crippen molar-refractivity contribution in [2.45, 2.75) is 20.4 Å². The molecule has 6 heteroatoms. The second-order valence-corrected chi connectivity index (χ2v) is 7.94. The topological polar surface area (TPSA) is 46.5 Å². The van der Waals surface area contributed by atoms with E-state index in [1.165, 1.54) is 0 Å². The summed E-state index contributed by atoms with van der Waals surface area (Å²) < 4.78 is 2.10. The van der Waals surface area contributed by atoms with Gasteiger partial charge in [0.15, 0.2) is 0 Å². The van der Waals surface area contributed by atoms with Gasteiger partial charge in [0.25, 0.3) is 0 Å². The first-order valence-electron chi connectivity index (χ1n) is 9.15. The van der Waals surface area contributed by atoms with Crippen LogP contribution in [0.2, 0.25) is 10.0 Å². The van der Waals surface area contributed by atoms with Crippen molar-refractivity contribution in [1.82, 2.24) is 19.5 Å². The minimum absolute atomic E-state index is 0.537. The number of hydrogen-bond acceptors (Lipinski definition) is 2. The van der Waals surface area contributed by atoms with Crippen LogP contribution < -0.4 is 0 Å². The van der Waals surface area contributed by atoms with Crippen LogP contribution in [-0.2, 0) is 6.54 Å². The normalized spacial score (nSPS) is 11.3. The van der Waals surface area contributed by atoms with Crippen LogP contribution in [0.3, 0.4) is 0 Å². The fourth-order valence-electron chi connectivity index (χ4n) is 3.22. The summed E-state index contributed by atoms with van der Waals surface area (Å²) in [6.45, 7) is 5.27. The molecule has 1 N–H and O–H groups in total. The third-order valence-electron chi connectivity index (χ3n) is 4.42. The van der Waals surface area contributed by atoms with Gasteiger partial charge in [-0.1, -0.05) is 73.4 Å². The molecule has 0 unspecified atom stereocenters. The number of H-pyrrole nitrogens is 1. The van der Waals surface area contributed by atoms with Gasteiger partial charge in [0, 0.05) is 18.3 Å². The van der Waals surface area contributed by atoms with Gasteiger partial charge in [-0.2, -0.15) is 0 Å². The number of nitrogens with zero attached hydrogens (tertiary/aromatic N) is 3. The Hall–Kier alpha value is -2.56. The number of benzene rings is 2. The first kappa shape index (κ1) is 18.8. The predicted octanol–water partition coefficient (Wildman–Crippen LogP) is 6.57. The molecule has 4 aromatic rings. The summed E-state index contributed by atoms with van der Waals surface area (Å²) in [6.07, 6.45) is 3.89. The minimum atomic E-state index is 0.537. The Morgan fingerprint density at radius 3 is 2.39 bits per heavy atom. The smallest absolute Gasteiger partial charge is 0.141 e. The van der Waals surface area contributed by atoms with Crippen molar-refractivity contribution in [2.24, 2.45) is 5.92 Å². The lowest BCUT2D eigenvalue weighted by molar-refractivity contribution is 0.523. The Morgan fingerprint density at radius 2 is 1.71 bits per heavy atom. The molecule has 0 spiro atoms. The molecule has 0 saturated carbocycles. The summed E-state index contributed by atoms with van der Waals surface area (Å²) in [5, 5.41) is 1.11. The Balaban J connectivity index is 1.87. The molecule has 0 aliphatic carbocycles. The highest BCUT2D eigenvalue weighted by Gasteiger charge is 2.20. The monoisotopic (exact) mass is 410 g/mol. The van der Waals surface area contributed by atoms with Crippen molar-refractivity contribution < 1.29 is 0 Å². The lowest BCUT2D eigenvalue weighted by Crippen LogP contribution is -2.01. The second kappa shape index (κ2) is 7.82. The van der Waals surface area contributed by atoms with E-state index < -0.39 is 0 Å². The first-order valence-corrected chi connectivity index (χ1v) is 9.90. The van der Waals surface area contributed by atoms with Gasteiger partial charge in [0.1, 0.15) is 11.5 Å². The molecule has 2 aromatic carbocycles. The first-order chi connectivity index (χ1) is 13.5. The van der Waals surface area contributed by atoms with E-state index in [0.29, 0.717) is 27.4 Å². The van der Waals surface area contributed by atoms with E-state index >= 15 is 0 Å². The van der Waals surface area contributed by atoms with Crippen LogP contribution in [0, 0.1) is 5.92 Å². The number of hydrogen-bond donors (Lipinski definition) is 1. The van der Waals surface area contributed by atoms with Gasteiger partial charge < -0.3 is 9.55 Å². The van der Waals surface area contributed by atoms with Crippen LogP contribution in [0.25, 0.3) is 34.0 Å². The SMILES string of the molecule is CC(C)Cn1cnc(-c2[nH]c(-c3c(Cl)cccc3Cl)nc2-c2ccccc2)c1. The molecule has 4 rings (SSSR count). The van der Waals surface area contributed by atoms with Crippen molar-refractivity contribution in [3.8, 4) is 34.0 Å². The molecule has 0 bridgehead atoms. The van der Waals surface area contributed by atoms with E-state index in [-0.39, 0.29) is 0 Å². The summed E-state index contributed by atoms with van der Waals surface area (Å²) in [4.78, 5) is 12.9. The highest BCUT2D eigenvalue weighted by Crippen LogP contribution is 2.37. The van der Waals surface area contributed by atoms with Crippen LogP contribution in [0.1, 0.15) is 13.8 Å². The third-order valence-corrected chi connectivity index (χ3v) is 5.05. The highest BCUT2D eigenvalue weighted by molar-refractivity contribution is 6.39. The highest BCUT2D eigenvalue weighted by atomic mass is 35.5. The number of halogens is 2. The quantitative estimate of drug-likeness (QED) is 0.404. The van der Waals surface area contributed by atoms with E-state index in [1.807, 2.05) is 61.1 Å². The number of imidazole rings is 2. The zero-order valence-electron chi connectivity index (χ0n) is 15.7. The maximum Gasteiger partial charge on any atom is 0.141 e. The third kappa shape index (κ3) is 3.71. The van der Waals surface area contributed by atoms with Gasteiger partial charge in [-0.25, -0.2) is 9.97 Å². The number of nitrogens with one attached hydrogen (secondary N) is 1. The maximum absolute atomic E-state index is 6.41. The van der Waals surface area contributed by atoms with Crippen molar-refractivity contribution >= 4 is 23.2 Å². The predicted molar refractivity (Wildman–Crippen MR) is 116 cm³/mol. The summed E-state index contributed by atoms with van der Waals surface area (Å²) in [7, 11) is 0. The zero-order valence-corrected chi connectivity index (χ0v) is 17.2. The second-order valence-electron chi connectivity index (χ2n) is 7.12. The lowest BCUT2D eigenvalue weighted by Gasteiger charge is -2.04. The van der Waals surface area contributed by atoms with Gasteiger partial charge >= 0.3 is 0 Å². The molecule has 0 atom stereocenters. The zero-order chi connectivity index (χ0) is 19.7. The van der Waals surface area contributed by atoms with E-state index in [1.54, 1.807) is 0 Å². The fraction of sp³-hybridized carbons (Fsp3) is 0.182. The summed E-state index contributed by atoms with van der Waals surface area (Å²) >= 11 is 12.8. The molecule has 0 amide bonds. The van der Waals surface area contributed by atoms with Crippen LogP contribution >= 0.6 is 23.2 Å². The maximum atomic E-state index is 6.41. The van der Waals surface area contributed by atoms with Crippen LogP contribution in [0.5, 0.6) is 0 Å². The molecule has 0 fully saturated rings. The number of rotatable bonds is 5. The van der Waals surface area contributed by atoms with E-state index in [2.05, 4.69) is 28.4 Å². The summed E-state index contributed by atoms with van der Waals surface area (Å²) in [5.74, 6) is 1.16. The average Bonchev–Trinajstić information content (AvgIpc) is 3.29. The largest absolute Gasteiger partial charge is 0.337 e. The van der Waals surface area contributed by atoms with Gasteiger partial charge in [-0.15, -0.1) is 0 Å². The summed E-state index contributed by atoms with van der Waals surface area (Å²) in [5.41, 5.74) is 4.19. The Kier molecular flexibility index (Phi) is 5.25. The van der Waals surface area contributed by atoms with E-state index in [4.69, 9.17) is 28.2 Å². The molecule has 4 nitrogen and oxygen atoms in total. The van der Waals surface area contributed by atoms with Gasteiger partial charge in [0.2, 0.25) is 0 Å².